The average Bonchev–Trinajstić information content (AvgIpc) is 2.31. The minimum Gasteiger partial charge on any atom is -0.426 e. The third-order valence-corrected chi connectivity index (χ3v) is 2.54. The Hall–Kier alpha value is -1.83. The van der Waals surface area contributed by atoms with Crippen LogP contribution in [0.3, 0.4) is 0 Å². The number of hydrogen-bond donors (Lipinski definition) is 0. The lowest BCUT2D eigenvalue weighted by molar-refractivity contribution is -0.139. The van der Waals surface area contributed by atoms with Crippen LogP contribution in [0.15, 0.2) is 48.2 Å². The monoisotopic (exact) mass is 214 g/mol. The van der Waals surface area contributed by atoms with Gasteiger partial charge in [0.2, 0.25) is 0 Å². The van der Waals surface area contributed by atoms with Gasteiger partial charge < -0.3 is 4.74 Å². The molecule has 2 nitrogen and oxygen atoms in total. The normalized spacial score (nSPS) is 16.7. The molecule has 1 aromatic rings. The molecule has 0 aliphatic carbocycles. The van der Waals surface area contributed by atoms with Crippen LogP contribution in [0.1, 0.15) is 25.3 Å². The van der Waals surface area contributed by atoms with Crippen LogP contribution in [0.25, 0.3) is 5.57 Å². The topological polar surface area (TPSA) is 26.3 Å². The lowest BCUT2D eigenvalue weighted by Crippen LogP contribution is -2.11. The van der Waals surface area contributed by atoms with E-state index in [1.807, 2.05) is 49.4 Å². The Morgan fingerprint density at radius 1 is 1.19 bits per heavy atom. The third-order valence-electron chi connectivity index (χ3n) is 2.54. The highest BCUT2D eigenvalue weighted by molar-refractivity contribution is 5.82. The van der Waals surface area contributed by atoms with Crippen LogP contribution in [-0.2, 0) is 9.53 Å². The summed E-state index contributed by atoms with van der Waals surface area (Å²) in [4.78, 5) is 11.2. The van der Waals surface area contributed by atoms with Crippen LogP contribution in [0.2, 0.25) is 0 Å². The van der Waals surface area contributed by atoms with Gasteiger partial charge in [-0.1, -0.05) is 36.4 Å². The number of allylic oxidation sites excluding steroid dienone is 3. The third kappa shape index (κ3) is 2.22. The fourth-order valence-corrected chi connectivity index (χ4v) is 1.80. The van der Waals surface area contributed by atoms with Crippen LogP contribution in [0.4, 0.5) is 0 Å². The number of benzene rings is 1. The molecular formula is C14H14O2. The Morgan fingerprint density at radius 2 is 1.94 bits per heavy atom. The molecule has 0 aromatic heterocycles. The smallest absolute Gasteiger partial charge is 0.311 e. The highest BCUT2D eigenvalue weighted by Gasteiger charge is 2.19. The van der Waals surface area contributed by atoms with Crippen LogP contribution in [-0.4, -0.2) is 5.97 Å². The van der Waals surface area contributed by atoms with Gasteiger partial charge in [-0.15, -0.1) is 0 Å². The van der Waals surface area contributed by atoms with E-state index in [2.05, 4.69) is 0 Å². The molecule has 2 rings (SSSR count). The van der Waals surface area contributed by atoms with E-state index >= 15 is 0 Å². The lowest BCUT2D eigenvalue weighted by atomic mass is 9.98. The van der Waals surface area contributed by atoms with E-state index in [4.69, 9.17) is 4.74 Å². The largest absolute Gasteiger partial charge is 0.426 e. The second-order valence-corrected chi connectivity index (χ2v) is 3.68. The fraction of sp³-hybridized carbons (Fsp3) is 0.214. The molecule has 16 heavy (non-hydrogen) atoms. The summed E-state index contributed by atoms with van der Waals surface area (Å²) in [5.41, 5.74) is 2.24. The molecule has 1 aliphatic heterocycles. The maximum atomic E-state index is 11.2. The molecule has 0 saturated carbocycles. The summed E-state index contributed by atoms with van der Waals surface area (Å²) in [5.74, 6) is 0.540. The van der Waals surface area contributed by atoms with Crippen LogP contribution < -0.4 is 0 Å². The Morgan fingerprint density at radius 3 is 2.62 bits per heavy atom. The molecule has 0 radical (unpaired) electrons. The lowest BCUT2D eigenvalue weighted by Gasteiger charge is -2.17. The van der Waals surface area contributed by atoms with Gasteiger partial charge in [0, 0.05) is 5.57 Å². The van der Waals surface area contributed by atoms with E-state index in [0.29, 0.717) is 12.2 Å². The van der Waals surface area contributed by atoms with Crippen molar-refractivity contribution >= 4 is 11.5 Å². The van der Waals surface area contributed by atoms with Crippen molar-refractivity contribution in [2.24, 2.45) is 0 Å². The number of hydrogen-bond acceptors (Lipinski definition) is 2. The van der Waals surface area contributed by atoms with E-state index in [-0.39, 0.29) is 5.97 Å². The zero-order valence-corrected chi connectivity index (χ0v) is 9.27. The average molecular weight is 214 g/mol. The van der Waals surface area contributed by atoms with Crippen molar-refractivity contribution in [2.45, 2.75) is 19.8 Å². The van der Waals surface area contributed by atoms with Crippen molar-refractivity contribution in [1.82, 2.24) is 0 Å². The van der Waals surface area contributed by atoms with Gasteiger partial charge >= 0.3 is 5.97 Å². The number of rotatable bonds is 2. The van der Waals surface area contributed by atoms with Gasteiger partial charge in [0.05, 0.1) is 6.42 Å². The zero-order chi connectivity index (χ0) is 11.4. The van der Waals surface area contributed by atoms with Gasteiger partial charge in [0.25, 0.3) is 0 Å². The highest BCUT2D eigenvalue weighted by Crippen LogP contribution is 2.29. The van der Waals surface area contributed by atoms with Crippen molar-refractivity contribution in [3.8, 4) is 0 Å². The summed E-state index contributed by atoms with van der Waals surface area (Å²) >= 11 is 0. The highest BCUT2D eigenvalue weighted by atomic mass is 16.5. The molecule has 0 bridgehead atoms. The number of carbonyl (C=O) groups is 1. The molecule has 2 heteroatoms. The molecular weight excluding hydrogens is 200 g/mol. The number of esters is 1. The molecule has 0 amide bonds. The molecule has 0 saturated heterocycles. The van der Waals surface area contributed by atoms with Crippen molar-refractivity contribution in [2.75, 3.05) is 0 Å². The quantitative estimate of drug-likeness (QED) is 0.706. The first-order chi connectivity index (χ1) is 7.81. The summed E-state index contributed by atoms with van der Waals surface area (Å²) in [7, 11) is 0. The molecule has 1 aliphatic rings. The van der Waals surface area contributed by atoms with Gasteiger partial charge in [0.1, 0.15) is 5.76 Å². The standard InChI is InChI=1S/C14H14O2/c1-2-6-13-12(9-10-14(15)16-13)11-7-4-3-5-8-11/h2-8H,9-10H2,1H3/b6-2-. The first kappa shape index (κ1) is 10.7. The summed E-state index contributed by atoms with van der Waals surface area (Å²) in [6.45, 7) is 1.91. The summed E-state index contributed by atoms with van der Waals surface area (Å²) in [5, 5.41) is 0. The molecule has 0 spiro atoms. The van der Waals surface area contributed by atoms with Crippen LogP contribution in [0, 0.1) is 0 Å². The molecule has 1 heterocycles. The van der Waals surface area contributed by atoms with Crippen molar-refractivity contribution in [1.29, 1.82) is 0 Å². The summed E-state index contributed by atoms with van der Waals surface area (Å²) in [6, 6.07) is 10.0. The maximum absolute atomic E-state index is 11.2. The number of ether oxygens (including phenoxy) is 1. The predicted molar refractivity (Wildman–Crippen MR) is 63.5 cm³/mol. The molecule has 0 unspecified atom stereocenters. The molecule has 0 N–H and O–H groups in total. The van der Waals surface area contributed by atoms with E-state index in [0.717, 1.165) is 17.6 Å². The Bertz CT molecular complexity index is 441. The fourth-order valence-electron chi connectivity index (χ4n) is 1.80. The van der Waals surface area contributed by atoms with Gasteiger partial charge in [-0.2, -0.15) is 0 Å². The van der Waals surface area contributed by atoms with Gasteiger partial charge in [-0.25, -0.2) is 0 Å². The van der Waals surface area contributed by atoms with E-state index in [1.165, 1.54) is 0 Å². The number of carbonyl (C=O) groups excluding carboxylic acids is 1. The predicted octanol–water partition coefficient (Wildman–Crippen LogP) is 3.31. The van der Waals surface area contributed by atoms with Gasteiger partial charge in [-0.3, -0.25) is 4.79 Å². The Balaban J connectivity index is 2.42. The van der Waals surface area contributed by atoms with Crippen molar-refractivity contribution in [3.63, 3.8) is 0 Å². The Kier molecular flexibility index (Phi) is 3.20. The SMILES string of the molecule is C/C=C\C1=C(c2ccccc2)CCC(=O)O1. The van der Waals surface area contributed by atoms with Crippen LogP contribution >= 0.6 is 0 Å². The zero-order valence-electron chi connectivity index (χ0n) is 9.27. The molecule has 82 valence electrons. The molecule has 0 atom stereocenters. The maximum Gasteiger partial charge on any atom is 0.311 e. The van der Waals surface area contributed by atoms with Crippen molar-refractivity contribution < 1.29 is 9.53 Å². The van der Waals surface area contributed by atoms with E-state index in [1.54, 1.807) is 0 Å². The van der Waals surface area contributed by atoms with E-state index < -0.39 is 0 Å². The van der Waals surface area contributed by atoms with Gasteiger partial charge in [0.15, 0.2) is 0 Å². The molecule has 0 fully saturated rings. The second kappa shape index (κ2) is 4.79. The number of cyclic esters (lactones) is 1. The Labute approximate surface area is 95.2 Å². The van der Waals surface area contributed by atoms with Crippen LogP contribution in [0.5, 0.6) is 0 Å². The van der Waals surface area contributed by atoms with Gasteiger partial charge in [-0.05, 0) is 25.0 Å². The van der Waals surface area contributed by atoms with E-state index in [9.17, 15) is 4.79 Å². The first-order valence-electron chi connectivity index (χ1n) is 5.43. The minimum absolute atomic E-state index is 0.146. The summed E-state index contributed by atoms with van der Waals surface area (Å²) < 4.78 is 5.25. The first-order valence-corrected chi connectivity index (χ1v) is 5.43. The minimum atomic E-state index is -0.146. The van der Waals surface area contributed by atoms with Crippen molar-refractivity contribution in [3.05, 3.63) is 53.8 Å². The summed E-state index contributed by atoms with van der Waals surface area (Å²) in [6.07, 6.45) is 4.95. The molecule has 1 aromatic carbocycles. The second-order valence-electron chi connectivity index (χ2n) is 3.68.